The molecule has 0 atom stereocenters. The van der Waals surface area contributed by atoms with Gasteiger partial charge in [-0.1, -0.05) is 13.8 Å². The quantitative estimate of drug-likeness (QED) is 0.667. The number of nitrogens with one attached hydrogen (secondary N) is 1. The average molecular weight is 275 g/mol. The van der Waals surface area contributed by atoms with Crippen LogP contribution in [0.15, 0.2) is 12.3 Å². The van der Waals surface area contributed by atoms with Crippen molar-refractivity contribution in [2.75, 3.05) is 19.8 Å². The summed E-state index contributed by atoms with van der Waals surface area (Å²) in [6, 6.07) is 2.42. The molecule has 0 saturated heterocycles. The fourth-order valence-corrected chi connectivity index (χ4v) is 1.87. The van der Waals surface area contributed by atoms with Crippen molar-refractivity contribution in [3.63, 3.8) is 0 Å². The molecule has 0 spiro atoms. The Morgan fingerprint density at radius 2 is 2.11 bits per heavy atom. The minimum absolute atomic E-state index is 0.289. The molecule has 1 N–H and O–H groups in total. The molecular formula is C13H23F2N3O. The van der Waals surface area contributed by atoms with Gasteiger partial charge in [0.15, 0.2) is 0 Å². The lowest BCUT2D eigenvalue weighted by atomic mass is 10.2. The maximum absolute atomic E-state index is 11.8. The van der Waals surface area contributed by atoms with Crippen LogP contribution in [0.25, 0.3) is 0 Å². The number of halogens is 2. The van der Waals surface area contributed by atoms with Crippen molar-refractivity contribution >= 4 is 0 Å². The summed E-state index contributed by atoms with van der Waals surface area (Å²) in [6.45, 7) is 5.26. The number of ether oxygens (including phenoxy) is 1. The fraction of sp³-hybridized carbons (Fsp3) is 0.769. The Bertz CT molecular complexity index is 340. The van der Waals surface area contributed by atoms with Gasteiger partial charge < -0.3 is 10.1 Å². The standard InChI is InChI=1S/C13H23F2N3O/c1-3-12(4-2)18-7-5-11(17-18)9-16-6-8-19-10-13(14)15/h5,7,12-13,16H,3-4,6,8-10H2,1-2H3. The molecule has 1 heterocycles. The lowest BCUT2D eigenvalue weighted by Crippen LogP contribution is -2.21. The molecule has 0 amide bonds. The molecule has 1 aromatic rings. The normalized spacial score (nSPS) is 11.7. The molecule has 0 unspecified atom stereocenters. The highest BCUT2D eigenvalue weighted by atomic mass is 19.3. The molecule has 110 valence electrons. The summed E-state index contributed by atoms with van der Waals surface area (Å²) in [7, 11) is 0. The summed E-state index contributed by atoms with van der Waals surface area (Å²) in [6.07, 6.45) is 1.72. The molecule has 0 radical (unpaired) electrons. The summed E-state index contributed by atoms with van der Waals surface area (Å²) in [5.41, 5.74) is 0.959. The Morgan fingerprint density at radius 3 is 2.74 bits per heavy atom. The monoisotopic (exact) mass is 275 g/mol. The Hall–Kier alpha value is -1.01. The molecule has 1 aromatic heterocycles. The third-order valence-corrected chi connectivity index (χ3v) is 2.95. The van der Waals surface area contributed by atoms with E-state index in [0.717, 1.165) is 18.5 Å². The summed E-state index contributed by atoms with van der Waals surface area (Å²) in [4.78, 5) is 0. The predicted molar refractivity (Wildman–Crippen MR) is 70.4 cm³/mol. The number of alkyl halides is 2. The number of aromatic nitrogens is 2. The van der Waals surface area contributed by atoms with Crippen molar-refractivity contribution in [3.8, 4) is 0 Å². The van der Waals surface area contributed by atoms with Crippen molar-refractivity contribution in [1.82, 2.24) is 15.1 Å². The second kappa shape index (κ2) is 8.98. The largest absolute Gasteiger partial charge is 0.374 e. The number of hydrogen-bond donors (Lipinski definition) is 1. The van der Waals surface area contributed by atoms with Crippen LogP contribution in [0.5, 0.6) is 0 Å². The van der Waals surface area contributed by atoms with Gasteiger partial charge in [-0.2, -0.15) is 5.10 Å². The SMILES string of the molecule is CCC(CC)n1ccc(CNCCOCC(F)F)n1. The predicted octanol–water partition coefficient (Wildman–Crippen LogP) is 2.62. The smallest absolute Gasteiger partial charge is 0.261 e. The molecule has 1 rings (SSSR count). The van der Waals surface area contributed by atoms with Crippen LogP contribution in [-0.4, -0.2) is 36.0 Å². The highest BCUT2D eigenvalue weighted by molar-refractivity contribution is 4.99. The van der Waals surface area contributed by atoms with Crippen LogP contribution < -0.4 is 5.32 Å². The zero-order chi connectivity index (χ0) is 14.1. The van der Waals surface area contributed by atoms with E-state index in [1.807, 2.05) is 16.9 Å². The first-order chi connectivity index (χ1) is 9.17. The highest BCUT2D eigenvalue weighted by Crippen LogP contribution is 2.14. The van der Waals surface area contributed by atoms with E-state index in [1.165, 1.54) is 0 Å². The van der Waals surface area contributed by atoms with E-state index in [9.17, 15) is 8.78 Å². The summed E-state index contributed by atoms with van der Waals surface area (Å²) in [5.74, 6) is 0. The molecule has 0 bridgehead atoms. The van der Waals surface area contributed by atoms with Gasteiger partial charge in [-0.15, -0.1) is 0 Å². The van der Waals surface area contributed by atoms with E-state index in [4.69, 9.17) is 4.74 Å². The van der Waals surface area contributed by atoms with Crippen LogP contribution in [0.2, 0.25) is 0 Å². The molecule has 0 fully saturated rings. The van der Waals surface area contributed by atoms with Crippen LogP contribution in [0, 0.1) is 0 Å². The Kier molecular flexibility index (Phi) is 7.59. The highest BCUT2D eigenvalue weighted by Gasteiger charge is 2.07. The Balaban J connectivity index is 2.19. The van der Waals surface area contributed by atoms with Crippen LogP contribution >= 0.6 is 0 Å². The van der Waals surface area contributed by atoms with Gasteiger partial charge in [0.2, 0.25) is 0 Å². The zero-order valence-corrected chi connectivity index (χ0v) is 11.6. The molecule has 0 saturated carbocycles. The van der Waals surface area contributed by atoms with Crippen molar-refractivity contribution in [1.29, 1.82) is 0 Å². The number of rotatable bonds is 10. The van der Waals surface area contributed by atoms with Crippen molar-refractivity contribution in [2.24, 2.45) is 0 Å². The fourth-order valence-electron chi connectivity index (χ4n) is 1.87. The van der Waals surface area contributed by atoms with Gasteiger partial charge in [0.05, 0.1) is 18.3 Å². The third kappa shape index (κ3) is 6.11. The summed E-state index contributed by atoms with van der Waals surface area (Å²) in [5, 5.41) is 7.61. The average Bonchev–Trinajstić information content (AvgIpc) is 2.83. The first-order valence-electron chi connectivity index (χ1n) is 6.78. The molecule has 0 aliphatic rings. The van der Waals surface area contributed by atoms with Gasteiger partial charge in [0.1, 0.15) is 6.61 Å². The van der Waals surface area contributed by atoms with Crippen molar-refractivity contribution in [3.05, 3.63) is 18.0 Å². The molecule has 0 aliphatic heterocycles. The van der Waals surface area contributed by atoms with Gasteiger partial charge >= 0.3 is 0 Å². The van der Waals surface area contributed by atoms with E-state index in [1.54, 1.807) is 0 Å². The summed E-state index contributed by atoms with van der Waals surface area (Å²) < 4.78 is 30.4. The topological polar surface area (TPSA) is 39.1 Å². The zero-order valence-electron chi connectivity index (χ0n) is 11.6. The first kappa shape index (κ1) is 16.0. The van der Waals surface area contributed by atoms with Crippen LogP contribution in [0.1, 0.15) is 38.4 Å². The van der Waals surface area contributed by atoms with E-state index < -0.39 is 13.0 Å². The molecule has 0 aromatic carbocycles. The van der Waals surface area contributed by atoms with Gasteiger partial charge in [0.25, 0.3) is 6.43 Å². The van der Waals surface area contributed by atoms with Crippen LogP contribution in [-0.2, 0) is 11.3 Å². The van der Waals surface area contributed by atoms with Gasteiger partial charge in [-0.3, -0.25) is 4.68 Å². The molecule has 0 aliphatic carbocycles. The van der Waals surface area contributed by atoms with Gasteiger partial charge in [-0.05, 0) is 18.9 Å². The molecular weight excluding hydrogens is 252 g/mol. The van der Waals surface area contributed by atoms with Crippen LogP contribution in [0.3, 0.4) is 0 Å². The van der Waals surface area contributed by atoms with Gasteiger partial charge in [0, 0.05) is 19.3 Å². The van der Waals surface area contributed by atoms with Crippen molar-refractivity contribution in [2.45, 2.75) is 45.7 Å². The van der Waals surface area contributed by atoms with E-state index >= 15 is 0 Å². The lowest BCUT2D eigenvalue weighted by Gasteiger charge is -2.12. The molecule has 6 heteroatoms. The van der Waals surface area contributed by atoms with Gasteiger partial charge in [-0.25, -0.2) is 8.78 Å². The Morgan fingerprint density at radius 1 is 1.37 bits per heavy atom. The van der Waals surface area contributed by atoms with Crippen molar-refractivity contribution < 1.29 is 13.5 Å². The first-order valence-corrected chi connectivity index (χ1v) is 6.78. The third-order valence-electron chi connectivity index (χ3n) is 2.95. The van der Waals surface area contributed by atoms with Crippen LogP contribution in [0.4, 0.5) is 8.78 Å². The van der Waals surface area contributed by atoms with E-state index in [0.29, 0.717) is 19.1 Å². The minimum Gasteiger partial charge on any atom is -0.374 e. The number of nitrogens with zero attached hydrogens (tertiary/aromatic N) is 2. The second-order valence-corrected chi connectivity index (χ2v) is 4.40. The minimum atomic E-state index is -2.39. The lowest BCUT2D eigenvalue weighted by molar-refractivity contribution is 0.0187. The van der Waals surface area contributed by atoms with E-state index in [2.05, 4.69) is 24.3 Å². The maximum Gasteiger partial charge on any atom is 0.261 e. The maximum atomic E-state index is 11.8. The molecule has 19 heavy (non-hydrogen) atoms. The summed E-state index contributed by atoms with van der Waals surface area (Å²) >= 11 is 0. The number of hydrogen-bond acceptors (Lipinski definition) is 3. The second-order valence-electron chi connectivity index (χ2n) is 4.40. The van der Waals surface area contributed by atoms with E-state index in [-0.39, 0.29) is 6.61 Å². The Labute approximate surface area is 113 Å². The molecule has 4 nitrogen and oxygen atoms in total.